The van der Waals surface area contributed by atoms with Crippen LogP contribution in [0.15, 0.2) is 21.1 Å². The molecule has 19 heavy (non-hydrogen) atoms. The highest BCUT2D eigenvalue weighted by Crippen LogP contribution is 2.35. The molecule has 2 rings (SSSR count). The van der Waals surface area contributed by atoms with Gasteiger partial charge in [0.1, 0.15) is 5.75 Å². The zero-order valence-electron chi connectivity index (χ0n) is 10.8. The van der Waals surface area contributed by atoms with E-state index in [0.29, 0.717) is 19.3 Å². The molecule has 106 valence electrons. The Morgan fingerprint density at radius 3 is 2.63 bits per heavy atom. The fourth-order valence-electron chi connectivity index (χ4n) is 2.23. The van der Waals surface area contributed by atoms with Crippen molar-refractivity contribution in [1.29, 1.82) is 0 Å². The molecule has 1 aliphatic heterocycles. The van der Waals surface area contributed by atoms with Crippen LogP contribution in [0.4, 0.5) is 0 Å². The Balaban J connectivity index is 1.91. The topological polar surface area (TPSA) is 44.5 Å². The molecular formula is C14H19Br2NO2. The Kier molecular flexibility index (Phi) is 6.13. The first kappa shape index (κ1) is 15.3. The zero-order chi connectivity index (χ0) is 13.7. The second kappa shape index (κ2) is 7.62. The lowest BCUT2D eigenvalue weighted by atomic mass is 10.1. The maximum Gasteiger partial charge on any atom is 0.147 e. The van der Waals surface area contributed by atoms with Gasteiger partial charge in [-0.25, -0.2) is 0 Å². The molecule has 0 radical (unpaired) electrons. The molecule has 1 aromatic rings. The number of hydrogen-bond donors (Lipinski definition) is 1. The fraction of sp³-hybridized carbons (Fsp3) is 0.571. The Bertz CT molecular complexity index is 397. The summed E-state index contributed by atoms with van der Waals surface area (Å²) in [5, 5.41) is 0. The van der Waals surface area contributed by atoms with Crippen LogP contribution in [0.25, 0.3) is 0 Å². The minimum Gasteiger partial charge on any atom is -0.491 e. The molecule has 1 aliphatic rings. The number of benzene rings is 1. The summed E-state index contributed by atoms with van der Waals surface area (Å²) in [6, 6.07) is 4.14. The molecule has 1 aromatic carbocycles. The van der Waals surface area contributed by atoms with Crippen molar-refractivity contribution in [2.75, 3.05) is 19.8 Å². The number of hydrogen-bond acceptors (Lipinski definition) is 3. The van der Waals surface area contributed by atoms with E-state index in [4.69, 9.17) is 15.2 Å². The minimum atomic E-state index is 0.370. The summed E-state index contributed by atoms with van der Waals surface area (Å²) < 4.78 is 13.4. The molecule has 1 atom stereocenters. The van der Waals surface area contributed by atoms with Gasteiger partial charge in [-0.2, -0.15) is 0 Å². The molecule has 1 fully saturated rings. The molecule has 0 spiro atoms. The third-order valence-electron chi connectivity index (χ3n) is 3.20. The molecule has 0 amide bonds. The van der Waals surface area contributed by atoms with Gasteiger partial charge in [-0.3, -0.25) is 0 Å². The van der Waals surface area contributed by atoms with Gasteiger partial charge >= 0.3 is 0 Å². The van der Waals surface area contributed by atoms with Gasteiger partial charge < -0.3 is 15.2 Å². The predicted octanol–water partition coefficient (Wildman–Crippen LogP) is 3.66. The largest absolute Gasteiger partial charge is 0.491 e. The van der Waals surface area contributed by atoms with Crippen molar-refractivity contribution in [3.63, 3.8) is 0 Å². The highest BCUT2D eigenvalue weighted by Gasteiger charge is 2.16. The van der Waals surface area contributed by atoms with Crippen molar-refractivity contribution in [3.8, 4) is 5.75 Å². The first-order valence-electron chi connectivity index (χ1n) is 6.63. The fourth-order valence-corrected chi connectivity index (χ4v) is 3.74. The van der Waals surface area contributed by atoms with Gasteiger partial charge in [0, 0.05) is 13.0 Å². The van der Waals surface area contributed by atoms with E-state index in [2.05, 4.69) is 44.0 Å². The standard InChI is InChI=1S/C14H19Br2NO2/c15-12-8-10(3-5-17)9-13(16)14(12)19-7-4-11-2-1-6-18-11/h8-9,11H,1-7,17H2. The normalized spacial score (nSPS) is 18.8. The predicted molar refractivity (Wildman–Crippen MR) is 83.7 cm³/mol. The van der Waals surface area contributed by atoms with Crippen molar-refractivity contribution in [2.45, 2.75) is 31.8 Å². The average molecular weight is 393 g/mol. The van der Waals surface area contributed by atoms with E-state index in [0.717, 1.165) is 40.6 Å². The van der Waals surface area contributed by atoms with Gasteiger partial charge in [-0.05, 0) is 75.4 Å². The second-order valence-corrected chi connectivity index (χ2v) is 6.41. The molecule has 1 heterocycles. The van der Waals surface area contributed by atoms with Crippen LogP contribution in [-0.4, -0.2) is 25.9 Å². The smallest absolute Gasteiger partial charge is 0.147 e. The molecule has 2 N–H and O–H groups in total. The van der Waals surface area contributed by atoms with Gasteiger partial charge in [-0.15, -0.1) is 0 Å². The summed E-state index contributed by atoms with van der Waals surface area (Å²) in [5.41, 5.74) is 6.77. The monoisotopic (exact) mass is 391 g/mol. The number of nitrogens with two attached hydrogens (primary N) is 1. The average Bonchev–Trinajstić information content (AvgIpc) is 2.86. The molecule has 0 bridgehead atoms. The van der Waals surface area contributed by atoms with Crippen molar-refractivity contribution in [2.24, 2.45) is 5.73 Å². The lowest BCUT2D eigenvalue weighted by Crippen LogP contribution is -2.11. The van der Waals surface area contributed by atoms with Crippen molar-refractivity contribution in [1.82, 2.24) is 0 Å². The van der Waals surface area contributed by atoms with Crippen molar-refractivity contribution < 1.29 is 9.47 Å². The Morgan fingerprint density at radius 2 is 2.05 bits per heavy atom. The van der Waals surface area contributed by atoms with Gasteiger partial charge in [0.2, 0.25) is 0 Å². The first-order chi connectivity index (χ1) is 9.20. The van der Waals surface area contributed by atoms with Crippen LogP contribution in [0.1, 0.15) is 24.8 Å². The Morgan fingerprint density at radius 1 is 1.32 bits per heavy atom. The summed E-state index contributed by atoms with van der Waals surface area (Å²) >= 11 is 7.11. The SMILES string of the molecule is NCCc1cc(Br)c(OCCC2CCCO2)c(Br)c1. The van der Waals surface area contributed by atoms with E-state index in [9.17, 15) is 0 Å². The van der Waals surface area contributed by atoms with Crippen molar-refractivity contribution >= 4 is 31.9 Å². The first-order valence-corrected chi connectivity index (χ1v) is 8.21. The number of ether oxygens (including phenoxy) is 2. The maximum absolute atomic E-state index is 5.86. The van der Waals surface area contributed by atoms with Gasteiger partial charge in [-0.1, -0.05) is 0 Å². The summed E-state index contributed by atoms with van der Waals surface area (Å²) in [6.45, 7) is 2.22. The van der Waals surface area contributed by atoms with E-state index in [1.165, 1.54) is 12.0 Å². The highest BCUT2D eigenvalue weighted by atomic mass is 79.9. The summed E-state index contributed by atoms with van der Waals surface area (Å²) in [7, 11) is 0. The minimum absolute atomic E-state index is 0.370. The Hall–Kier alpha value is -0.100. The lowest BCUT2D eigenvalue weighted by molar-refractivity contribution is 0.0901. The maximum atomic E-state index is 5.86. The van der Waals surface area contributed by atoms with Crippen molar-refractivity contribution in [3.05, 3.63) is 26.6 Å². The van der Waals surface area contributed by atoms with Crippen LogP contribution >= 0.6 is 31.9 Å². The quantitative estimate of drug-likeness (QED) is 0.803. The third kappa shape index (κ3) is 4.45. The highest BCUT2D eigenvalue weighted by molar-refractivity contribution is 9.11. The van der Waals surface area contributed by atoms with Crippen LogP contribution < -0.4 is 10.5 Å². The van der Waals surface area contributed by atoms with Crippen LogP contribution in [0.2, 0.25) is 0 Å². The molecule has 1 saturated heterocycles. The van der Waals surface area contributed by atoms with E-state index in [1.54, 1.807) is 0 Å². The van der Waals surface area contributed by atoms with Gasteiger partial charge in [0.15, 0.2) is 0 Å². The van der Waals surface area contributed by atoms with Gasteiger partial charge in [0.05, 0.1) is 21.7 Å². The van der Waals surface area contributed by atoms with Crippen LogP contribution in [0.5, 0.6) is 5.75 Å². The molecule has 0 aromatic heterocycles. The molecule has 0 aliphatic carbocycles. The molecule has 0 saturated carbocycles. The summed E-state index contributed by atoms with van der Waals surface area (Å²) in [4.78, 5) is 0. The third-order valence-corrected chi connectivity index (χ3v) is 4.38. The van der Waals surface area contributed by atoms with Gasteiger partial charge in [0.25, 0.3) is 0 Å². The van der Waals surface area contributed by atoms with E-state index in [-0.39, 0.29) is 0 Å². The molecule has 5 heteroatoms. The van der Waals surface area contributed by atoms with E-state index < -0.39 is 0 Å². The lowest BCUT2D eigenvalue weighted by Gasteiger charge is -2.14. The van der Waals surface area contributed by atoms with E-state index in [1.807, 2.05) is 0 Å². The molecule has 3 nitrogen and oxygen atoms in total. The van der Waals surface area contributed by atoms with E-state index >= 15 is 0 Å². The number of rotatable bonds is 6. The zero-order valence-corrected chi connectivity index (χ0v) is 14.0. The summed E-state index contributed by atoms with van der Waals surface area (Å²) in [6.07, 6.45) is 4.51. The van der Waals surface area contributed by atoms with Crippen LogP contribution in [-0.2, 0) is 11.2 Å². The molecular weight excluding hydrogens is 374 g/mol. The Labute approximate surface area is 131 Å². The summed E-state index contributed by atoms with van der Waals surface area (Å²) in [5.74, 6) is 0.860. The second-order valence-electron chi connectivity index (χ2n) is 4.70. The van der Waals surface area contributed by atoms with Crippen LogP contribution in [0.3, 0.4) is 0 Å². The van der Waals surface area contributed by atoms with Crippen LogP contribution in [0, 0.1) is 0 Å². The number of halogens is 2. The molecule has 1 unspecified atom stereocenters.